The second kappa shape index (κ2) is 7.56. The van der Waals surface area contributed by atoms with Gasteiger partial charge >= 0.3 is 5.97 Å². The van der Waals surface area contributed by atoms with Crippen LogP contribution in [0.15, 0.2) is 0 Å². The molecule has 2 aliphatic rings. The fourth-order valence-electron chi connectivity index (χ4n) is 3.39. The third-order valence-electron chi connectivity index (χ3n) is 4.69. The normalized spacial score (nSPS) is 24.3. The van der Waals surface area contributed by atoms with E-state index in [2.05, 4.69) is 29.1 Å². The average Bonchev–Trinajstić information content (AvgIpc) is 3.28. The Balaban J connectivity index is 2.08. The molecule has 5 heteroatoms. The fourth-order valence-corrected chi connectivity index (χ4v) is 3.39. The van der Waals surface area contributed by atoms with Crippen LogP contribution in [0.1, 0.15) is 33.1 Å². The Morgan fingerprint density at radius 3 is 2.62 bits per heavy atom. The summed E-state index contributed by atoms with van der Waals surface area (Å²) in [6.45, 7) is 10.4. The van der Waals surface area contributed by atoms with Crippen molar-refractivity contribution in [2.24, 2.45) is 5.92 Å². The van der Waals surface area contributed by atoms with E-state index >= 15 is 0 Å². The highest BCUT2D eigenvalue weighted by Crippen LogP contribution is 2.41. The topological polar surface area (TPSA) is 44.8 Å². The molecule has 0 amide bonds. The Bertz CT molecular complexity index is 346. The molecule has 2 fully saturated rings. The highest BCUT2D eigenvalue weighted by Gasteiger charge is 2.52. The molecule has 5 nitrogen and oxygen atoms in total. The maximum absolute atomic E-state index is 12.6. The van der Waals surface area contributed by atoms with E-state index < -0.39 is 5.54 Å². The lowest BCUT2D eigenvalue weighted by Crippen LogP contribution is -2.61. The van der Waals surface area contributed by atoms with Crippen LogP contribution in [0.2, 0.25) is 0 Å². The maximum atomic E-state index is 12.6. The SMILES string of the molecule is CCNC(CN1CCCN(C)CC1)(C(=O)OCC)C1CC1. The van der Waals surface area contributed by atoms with Crippen LogP contribution in [0.3, 0.4) is 0 Å². The lowest BCUT2D eigenvalue weighted by Gasteiger charge is -2.37. The van der Waals surface area contributed by atoms with Gasteiger partial charge in [-0.25, -0.2) is 4.79 Å². The van der Waals surface area contributed by atoms with Gasteiger partial charge in [-0.3, -0.25) is 4.90 Å². The summed E-state index contributed by atoms with van der Waals surface area (Å²) in [5.41, 5.74) is -0.492. The molecule has 21 heavy (non-hydrogen) atoms. The Hall–Kier alpha value is -0.650. The van der Waals surface area contributed by atoms with Gasteiger partial charge in [-0.1, -0.05) is 6.92 Å². The summed E-state index contributed by atoms with van der Waals surface area (Å²) >= 11 is 0. The van der Waals surface area contributed by atoms with Crippen LogP contribution in [-0.2, 0) is 9.53 Å². The van der Waals surface area contributed by atoms with Crippen LogP contribution in [-0.4, -0.2) is 74.2 Å². The van der Waals surface area contributed by atoms with Crippen LogP contribution in [0, 0.1) is 5.92 Å². The average molecular weight is 297 g/mol. The van der Waals surface area contributed by atoms with Gasteiger partial charge in [-0.15, -0.1) is 0 Å². The second-order valence-electron chi connectivity index (χ2n) is 6.43. The quantitative estimate of drug-likeness (QED) is 0.709. The van der Waals surface area contributed by atoms with E-state index in [9.17, 15) is 4.79 Å². The molecule has 1 heterocycles. The Labute approximate surface area is 129 Å². The van der Waals surface area contributed by atoms with Crippen LogP contribution < -0.4 is 5.32 Å². The van der Waals surface area contributed by atoms with Crippen molar-refractivity contribution in [1.82, 2.24) is 15.1 Å². The molecule has 2 rings (SSSR count). The summed E-state index contributed by atoms with van der Waals surface area (Å²) in [7, 11) is 2.17. The second-order valence-corrected chi connectivity index (χ2v) is 6.43. The number of hydrogen-bond acceptors (Lipinski definition) is 5. The minimum absolute atomic E-state index is 0.0491. The fraction of sp³-hybridized carbons (Fsp3) is 0.938. The molecule has 1 saturated carbocycles. The van der Waals surface area contributed by atoms with Gasteiger partial charge in [0.25, 0.3) is 0 Å². The van der Waals surface area contributed by atoms with Crippen LogP contribution in [0.25, 0.3) is 0 Å². The van der Waals surface area contributed by atoms with Crippen molar-refractivity contribution in [3.63, 3.8) is 0 Å². The highest BCUT2D eigenvalue weighted by atomic mass is 16.5. The number of carbonyl (C=O) groups is 1. The van der Waals surface area contributed by atoms with Crippen molar-refractivity contribution in [3.8, 4) is 0 Å². The highest BCUT2D eigenvalue weighted by molar-refractivity contribution is 5.82. The molecular weight excluding hydrogens is 266 g/mol. The minimum atomic E-state index is -0.492. The van der Waals surface area contributed by atoms with E-state index in [-0.39, 0.29) is 5.97 Å². The van der Waals surface area contributed by atoms with Gasteiger partial charge in [0, 0.05) is 19.6 Å². The molecule has 0 aromatic rings. The van der Waals surface area contributed by atoms with Crippen molar-refractivity contribution < 1.29 is 9.53 Å². The van der Waals surface area contributed by atoms with Gasteiger partial charge in [0.1, 0.15) is 5.54 Å². The number of esters is 1. The van der Waals surface area contributed by atoms with E-state index in [0.717, 1.165) is 52.1 Å². The smallest absolute Gasteiger partial charge is 0.327 e. The molecule has 1 aliphatic carbocycles. The van der Waals surface area contributed by atoms with Gasteiger partial charge in [0.15, 0.2) is 0 Å². The summed E-state index contributed by atoms with van der Waals surface area (Å²) in [6.07, 6.45) is 3.45. The maximum Gasteiger partial charge on any atom is 0.327 e. The van der Waals surface area contributed by atoms with Gasteiger partial charge in [0.05, 0.1) is 6.61 Å². The zero-order valence-electron chi connectivity index (χ0n) is 13.9. The summed E-state index contributed by atoms with van der Waals surface area (Å²) in [6, 6.07) is 0. The van der Waals surface area contributed by atoms with Crippen molar-refractivity contribution in [1.29, 1.82) is 0 Å². The number of likely N-dealkylation sites (N-methyl/N-ethyl adjacent to an activating group) is 2. The van der Waals surface area contributed by atoms with E-state index in [0.29, 0.717) is 12.5 Å². The molecule has 0 bridgehead atoms. The molecule has 1 aliphatic heterocycles. The predicted molar refractivity (Wildman–Crippen MR) is 84.3 cm³/mol. The van der Waals surface area contributed by atoms with E-state index in [1.807, 2.05) is 6.92 Å². The number of nitrogens with one attached hydrogen (secondary N) is 1. The number of carbonyl (C=O) groups excluding carboxylic acids is 1. The molecule has 1 N–H and O–H groups in total. The lowest BCUT2D eigenvalue weighted by molar-refractivity contribution is -0.153. The standard InChI is InChI=1S/C16H31N3O2/c1-4-17-16(14-7-8-14,15(20)21-5-2)13-19-10-6-9-18(3)11-12-19/h14,17H,4-13H2,1-3H3. The first-order valence-electron chi connectivity index (χ1n) is 8.45. The minimum Gasteiger partial charge on any atom is -0.465 e. The summed E-state index contributed by atoms with van der Waals surface area (Å²) in [5, 5.41) is 3.49. The van der Waals surface area contributed by atoms with Crippen LogP contribution >= 0.6 is 0 Å². The molecule has 1 unspecified atom stereocenters. The monoisotopic (exact) mass is 297 g/mol. The summed E-state index contributed by atoms with van der Waals surface area (Å²) in [4.78, 5) is 17.5. The van der Waals surface area contributed by atoms with Crippen molar-refractivity contribution >= 4 is 5.97 Å². The predicted octanol–water partition coefficient (Wildman–Crippen LogP) is 0.945. The number of ether oxygens (including phenoxy) is 1. The molecule has 1 saturated heterocycles. The molecular formula is C16H31N3O2. The molecule has 0 aromatic carbocycles. The Morgan fingerprint density at radius 1 is 1.24 bits per heavy atom. The number of hydrogen-bond donors (Lipinski definition) is 1. The first kappa shape index (κ1) is 16.7. The van der Waals surface area contributed by atoms with Crippen molar-refractivity contribution in [3.05, 3.63) is 0 Å². The Morgan fingerprint density at radius 2 is 2.00 bits per heavy atom. The summed E-state index contributed by atoms with van der Waals surface area (Å²) in [5.74, 6) is 0.393. The van der Waals surface area contributed by atoms with Crippen molar-refractivity contribution in [2.45, 2.75) is 38.6 Å². The van der Waals surface area contributed by atoms with Gasteiger partial charge in [-0.2, -0.15) is 0 Å². The Kier molecular flexibility index (Phi) is 6.02. The molecule has 122 valence electrons. The van der Waals surface area contributed by atoms with E-state index in [1.54, 1.807) is 0 Å². The lowest BCUT2D eigenvalue weighted by atomic mass is 9.92. The molecule has 0 radical (unpaired) electrons. The molecule has 0 aromatic heterocycles. The van der Waals surface area contributed by atoms with Gasteiger partial charge < -0.3 is 15.0 Å². The van der Waals surface area contributed by atoms with Crippen molar-refractivity contribution in [2.75, 3.05) is 52.9 Å². The first-order valence-corrected chi connectivity index (χ1v) is 8.45. The zero-order valence-corrected chi connectivity index (χ0v) is 13.9. The third kappa shape index (κ3) is 4.18. The van der Waals surface area contributed by atoms with E-state index in [1.165, 1.54) is 6.42 Å². The zero-order chi connectivity index (χ0) is 15.3. The van der Waals surface area contributed by atoms with Gasteiger partial charge in [-0.05, 0) is 58.8 Å². The van der Waals surface area contributed by atoms with E-state index in [4.69, 9.17) is 4.74 Å². The molecule has 0 spiro atoms. The third-order valence-corrected chi connectivity index (χ3v) is 4.69. The summed E-state index contributed by atoms with van der Waals surface area (Å²) < 4.78 is 5.42. The largest absolute Gasteiger partial charge is 0.465 e. The van der Waals surface area contributed by atoms with Gasteiger partial charge in [0.2, 0.25) is 0 Å². The van der Waals surface area contributed by atoms with Crippen LogP contribution in [0.5, 0.6) is 0 Å². The first-order chi connectivity index (χ1) is 10.1. The van der Waals surface area contributed by atoms with Crippen LogP contribution in [0.4, 0.5) is 0 Å². The molecule has 1 atom stereocenters. The number of rotatable bonds is 7. The number of nitrogens with zero attached hydrogens (tertiary/aromatic N) is 2.